The van der Waals surface area contributed by atoms with Gasteiger partial charge in [0, 0.05) is 25.5 Å². The summed E-state index contributed by atoms with van der Waals surface area (Å²) in [5, 5.41) is 40.1. The van der Waals surface area contributed by atoms with Crippen molar-refractivity contribution in [3.05, 3.63) is 71.2 Å². The molecule has 5 rings (SSSR count). The molecule has 2 saturated heterocycles. The molecule has 7 atom stereocenters. The van der Waals surface area contributed by atoms with Crippen molar-refractivity contribution in [3.8, 4) is 11.3 Å². The topological polar surface area (TPSA) is 119 Å². The van der Waals surface area contributed by atoms with E-state index in [1.165, 1.54) is 31.5 Å². The zero-order valence-corrected chi connectivity index (χ0v) is 25.7. The number of ether oxygens (including phenoxy) is 3. The number of rotatable bonds is 8. The van der Waals surface area contributed by atoms with Crippen molar-refractivity contribution in [3.63, 3.8) is 0 Å². The quantitative estimate of drug-likeness (QED) is 0.228. The molecule has 3 heterocycles. The van der Waals surface area contributed by atoms with E-state index in [0.29, 0.717) is 0 Å². The molecule has 0 saturated carbocycles. The van der Waals surface area contributed by atoms with Crippen LogP contribution in [-0.2, 0) is 20.4 Å². The van der Waals surface area contributed by atoms with E-state index in [9.17, 15) is 41.7 Å². The van der Waals surface area contributed by atoms with E-state index >= 15 is 0 Å². The van der Waals surface area contributed by atoms with Gasteiger partial charge >= 0.3 is 6.18 Å². The summed E-state index contributed by atoms with van der Waals surface area (Å²) in [7, 11) is 1.27. The number of thioether (sulfide) groups is 1. The highest BCUT2D eigenvalue weighted by atomic mass is 32.2. The molecule has 0 unspecified atom stereocenters. The van der Waals surface area contributed by atoms with E-state index < -0.39 is 82.0 Å². The van der Waals surface area contributed by atoms with Crippen LogP contribution in [-0.4, -0.2) is 85.6 Å². The van der Waals surface area contributed by atoms with Crippen LogP contribution >= 0.6 is 11.8 Å². The molecule has 0 bridgehead atoms. The lowest BCUT2D eigenvalue weighted by atomic mass is 9.79. The third kappa shape index (κ3) is 6.79. The van der Waals surface area contributed by atoms with E-state index in [4.69, 9.17) is 14.2 Å². The molecular formula is C30H33F6N3O6S. The summed E-state index contributed by atoms with van der Waals surface area (Å²) in [6.07, 6.45) is -7.54. The van der Waals surface area contributed by atoms with Crippen LogP contribution in [0.3, 0.4) is 0 Å². The minimum absolute atomic E-state index is 0.00261. The van der Waals surface area contributed by atoms with Crippen LogP contribution in [0.1, 0.15) is 49.1 Å². The Labute approximate surface area is 264 Å². The maximum absolute atomic E-state index is 14.3. The second-order valence-corrected chi connectivity index (χ2v) is 13.2. The summed E-state index contributed by atoms with van der Waals surface area (Å²) >= 11 is 0.839. The molecule has 2 aliphatic heterocycles. The normalized spacial score (nSPS) is 29.1. The van der Waals surface area contributed by atoms with Gasteiger partial charge in [0.1, 0.15) is 35.5 Å². The Hall–Kier alpha value is -2.73. The summed E-state index contributed by atoms with van der Waals surface area (Å²) < 4.78 is 103. The van der Waals surface area contributed by atoms with Gasteiger partial charge in [-0.15, -0.1) is 16.9 Å². The molecule has 0 spiro atoms. The van der Waals surface area contributed by atoms with Gasteiger partial charge in [0.15, 0.2) is 17.5 Å². The zero-order valence-electron chi connectivity index (χ0n) is 24.9. The molecule has 2 aromatic carbocycles. The van der Waals surface area contributed by atoms with Gasteiger partial charge in [0.05, 0.1) is 41.4 Å². The fourth-order valence-electron chi connectivity index (χ4n) is 6.19. The lowest BCUT2D eigenvalue weighted by Crippen LogP contribution is -2.56. The van der Waals surface area contributed by atoms with Crippen LogP contribution < -0.4 is 0 Å². The van der Waals surface area contributed by atoms with Gasteiger partial charge < -0.3 is 29.5 Å². The SMILES string of the molecule is CO[C@@H]1[C@@H](n2cc(-c3cc(F)c(F)c(F)c3)nn2)[C@@H](O)[C@@H](CO)O[C@H]1S[C@H](c1ccccc1C(F)(F)F)[C@]1(O)CCOC(C)(C)C1. The number of aliphatic hydroxyl groups excluding tert-OH is 2. The molecule has 0 radical (unpaired) electrons. The Morgan fingerprint density at radius 1 is 1.15 bits per heavy atom. The molecular weight excluding hydrogens is 644 g/mol. The largest absolute Gasteiger partial charge is 0.416 e. The summed E-state index contributed by atoms with van der Waals surface area (Å²) in [6.45, 7) is 2.80. The van der Waals surface area contributed by atoms with Gasteiger partial charge in [-0.05, 0) is 37.6 Å². The molecule has 0 amide bonds. The number of methoxy groups -OCH3 is 1. The van der Waals surface area contributed by atoms with E-state index in [2.05, 4.69) is 10.3 Å². The first-order valence-electron chi connectivity index (χ1n) is 14.3. The first kappa shape index (κ1) is 34.6. The minimum Gasteiger partial charge on any atom is -0.394 e. The smallest absolute Gasteiger partial charge is 0.394 e. The van der Waals surface area contributed by atoms with Gasteiger partial charge in [0.2, 0.25) is 0 Å². The summed E-state index contributed by atoms with van der Waals surface area (Å²) in [4.78, 5) is 0. The van der Waals surface area contributed by atoms with Crippen molar-refractivity contribution in [1.29, 1.82) is 0 Å². The second-order valence-electron chi connectivity index (χ2n) is 12.0. The van der Waals surface area contributed by atoms with Crippen LogP contribution in [0.5, 0.6) is 0 Å². The fourth-order valence-corrected chi connectivity index (χ4v) is 7.90. The Balaban J connectivity index is 1.56. The summed E-state index contributed by atoms with van der Waals surface area (Å²) in [6, 6.07) is 5.13. The van der Waals surface area contributed by atoms with E-state index in [1.54, 1.807) is 13.8 Å². The van der Waals surface area contributed by atoms with Crippen molar-refractivity contribution >= 4 is 11.8 Å². The monoisotopic (exact) mass is 677 g/mol. The lowest BCUT2D eigenvalue weighted by Gasteiger charge is -2.49. The lowest BCUT2D eigenvalue weighted by molar-refractivity contribution is -0.187. The third-order valence-corrected chi connectivity index (χ3v) is 9.87. The third-order valence-electron chi connectivity index (χ3n) is 8.26. The average Bonchev–Trinajstić information content (AvgIpc) is 3.47. The fraction of sp³-hybridized carbons (Fsp3) is 0.533. The van der Waals surface area contributed by atoms with E-state index in [0.717, 1.165) is 34.6 Å². The number of hydrogen-bond donors (Lipinski definition) is 3. The highest BCUT2D eigenvalue weighted by Gasteiger charge is 2.53. The first-order chi connectivity index (χ1) is 21.6. The first-order valence-corrected chi connectivity index (χ1v) is 15.2. The maximum atomic E-state index is 14.3. The Kier molecular flexibility index (Phi) is 9.82. The standard InChI is InChI=1S/C30H33F6N3O6S/c1-28(2)14-29(42,8-9-44-28)26(16-6-4-5-7-17(16)30(34,35)36)46-27-25(43-3)23(24(41)21(13-40)45-27)39-12-20(37-38-39)15-10-18(31)22(33)19(32)11-15/h4-7,10-12,21,23-27,40-42H,8-9,13-14H2,1-3H3/t21-,23+,24+,25-,26-,27+,29+/m1/s1. The van der Waals surface area contributed by atoms with Crippen LogP contribution in [0.25, 0.3) is 11.3 Å². The molecule has 2 aliphatic rings. The van der Waals surface area contributed by atoms with E-state index in [1.807, 2.05) is 0 Å². The van der Waals surface area contributed by atoms with Crippen LogP contribution in [0.15, 0.2) is 42.6 Å². The van der Waals surface area contributed by atoms with Crippen molar-refractivity contribution in [1.82, 2.24) is 15.0 Å². The second kappa shape index (κ2) is 13.1. The zero-order chi connectivity index (χ0) is 33.6. The van der Waals surface area contributed by atoms with E-state index in [-0.39, 0.29) is 36.3 Å². The molecule has 0 aliphatic carbocycles. The van der Waals surface area contributed by atoms with Crippen LogP contribution in [0, 0.1) is 17.5 Å². The predicted molar refractivity (Wildman–Crippen MR) is 153 cm³/mol. The van der Waals surface area contributed by atoms with Crippen LogP contribution in [0.2, 0.25) is 0 Å². The van der Waals surface area contributed by atoms with Gasteiger partial charge in [-0.25, -0.2) is 17.9 Å². The maximum Gasteiger partial charge on any atom is 0.416 e. The molecule has 9 nitrogen and oxygen atoms in total. The van der Waals surface area contributed by atoms with Gasteiger partial charge in [-0.1, -0.05) is 23.4 Å². The molecule has 46 heavy (non-hydrogen) atoms. The summed E-state index contributed by atoms with van der Waals surface area (Å²) in [5.74, 6) is -4.58. The molecule has 252 valence electrons. The van der Waals surface area contributed by atoms with Crippen molar-refractivity contribution in [2.24, 2.45) is 0 Å². The van der Waals surface area contributed by atoms with Crippen molar-refractivity contribution in [2.45, 2.75) is 79.1 Å². The van der Waals surface area contributed by atoms with Gasteiger partial charge in [-0.2, -0.15) is 13.2 Å². The Bertz CT molecular complexity index is 1520. The molecule has 1 aromatic heterocycles. The Morgan fingerprint density at radius 3 is 2.43 bits per heavy atom. The minimum atomic E-state index is -4.76. The number of alkyl halides is 3. The van der Waals surface area contributed by atoms with Crippen molar-refractivity contribution in [2.75, 3.05) is 20.3 Å². The van der Waals surface area contributed by atoms with Crippen molar-refractivity contribution < 1.29 is 55.9 Å². The van der Waals surface area contributed by atoms with Gasteiger partial charge in [-0.3, -0.25) is 0 Å². The number of nitrogens with zero attached hydrogens (tertiary/aromatic N) is 3. The average molecular weight is 678 g/mol. The molecule has 2 fully saturated rings. The number of aromatic nitrogens is 3. The molecule has 3 aromatic rings. The highest BCUT2D eigenvalue weighted by Crippen LogP contribution is 2.53. The number of aliphatic hydroxyl groups is 3. The summed E-state index contributed by atoms with van der Waals surface area (Å²) in [5.41, 5.74) is -5.22. The number of halogens is 6. The van der Waals surface area contributed by atoms with Gasteiger partial charge in [0.25, 0.3) is 0 Å². The highest BCUT2D eigenvalue weighted by molar-refractivity contribution is 8.00. The number of hydrogen-bond acceptors (Lipinski definition) is 9. The van der Waals surface area contributed by atoms with Crippen LogP contribution in [0.4, 0.5) is 26.3 Å². The predicted octanol–water partition coefficient (Wildman–Crippen LogP) is 4.81. The molecule has 3 N–H and O–H groups in total. The Morgan fingerprint density at radius 2 is 1.83 bits per heavy atom. The molecule has 16 heteroatoms. The number of benzene rings is 2.